The van der Waals surface area contributed by atoms with Crippen molar-refractivity contribution in [2.75, 3.05) is 0 Å². The van der Waals surface area contributed by atoms with E-state index < -0.39 is 5.54 Å². The normalized spacial score (nSPS) is 12.9. The van der Waals surface area contributed by atoms with Gasteiger partial charge < -0.3 is 10.6 Å². The number of aromatic nitrogens is 3. The van der Waals surface area contributed by atoms with Crippen molar-refractivity contribution in [3.05, 3.63) is 11.6 Å². The summed E-state index contributed by atoms with van der Waals surface area (Å²) in [7, 11) is 0. The number of aromatic amines is 1. The van der Waals surface area contributed by atoms with Gasteiger partial charge in [-0.15, -0.1) is 0 Å². The van der Waals surface area contributed by atoms with Gasteiger partial charge in [0.05, 0.1) is 6.04 Å². The minimum Gasteiger partial charge on any atom is -0.344 e. The second-order valence-corrected chi connectivity index (χ2v) is 4.78. The number of amides is 2. The van der Waals surface area contributed by atoms with Crippen LogP contribution in [0.1, 0.15) is 45.4 Å². The van der Waals surface area contributed by atoms with E-state index in [9.17, 15) is 9.59 Å². The molecule has 0 saturated carbocycles. The third-order valence-electron chi connectivity index (χ3n) is 2.41. The Labute approximate surface area is 106 Å². The molecule has 2 amide bonds. The van der Waals surface area contributed by atoms with E-state index >= 15 is 0 Å². The summed E-state index contributed by atoms with van der Waals surface area (Å²) < 4.78 is 0. The molecule has 0 aliphatic carbocycles. The van der Waals surface area contributed by atoms with Crippen LogP contribution >= 0.6 is 0 Å². The number of nitrogens with zero attached hydrogens (tertiary/aromatic N) is 2. The van der Waals surface area contributed by atoms with Crippen LogP contribution in [0.5, 0.6) is 0 Å². The van der Waals surface area contributed by atoms with Crippen molar-refractivity contribution in [1.29, 1.82) is 0 Å². The summed E-state index contributed by atoms with van der Waals surface area (Å²) in [6.07, 6.45) is 0. The van der Waals surface area contributed by atoms with Crippen LogP contribution in [0.2, 0.25) is 0 Å². The third-order valence-corrected chi connectivity index (χ3v) is 2.41. The number of aryl methyl sites for hydroxylation is 1. The predicted molar refractivity (Wildman–Crippen MR) is 65.6 cm³/mol. The first-order valence-corrected chi connectivity index (χ1v) is 5.71. The molecule has 1 atom stereocenters. The Morgan fingerprint density at radius 3 is 2.44 bits per heavy atom. The zero-order valence-electron chi connectivity index (χ0n) is 11.3. The fourth-order valence-corrected chi connectivity index (χ4v) is 1.49. The summed E-state index contributed by atoms with van der Waals surface area (Å²) >= 11 is 0. The minimum absolute atomic E-state index is 0.253. The smallest absolute Gasteiger partial charge is 0.245 e. The maximum absolute atomic E-state index is 12.0. The molecule has 3 N–H and O–H groups in total. The van der Waals surface area contributed by atoms with Gasteiger partial charge >= 0.3 is 0 Å². The van der Waals surface area contributed by atoms with Gasteiger partial charge in [0.2, 0.25) is 11.8 Å². The number of carbonyl (C=O) groups excluding carboxylic acids is 2. The summed E-state index contributed by atoms with van der Waals surface area (Å²) in [5.41, 5.74) is -0.967. The van der Waals surface area contributed by atoms with Gasteiger partial charge in [0, 0.05) is 6.92 Å². The van der Waals surface area contributed by atoms with E-state index in [0.29, 0.717) is 11.6 Å². The fourth-order valence-electron chi connectivity index (χ4n) is 1.49. The van der Waals surface area contributed by atoms with Crippen molar-refractivity contribution in [2.45, 2.75) is 46.2 Å². The Hall–Kier alpha value is -1.92. The molecule has 0 aliphatic rings. The zero-order chi connectivity index (χ0) is 13.9. The molecule has 100 valence electrons. The average molecular weight is 253 g/mol. The Morgan fingerprint density at radius 2 is 2.00 bits per heavy atom. The first kappa shape index (κ1) is 14.1. The second kappa shape index (κ2) is 5.16. The molecule has 0 unspecified atom stereocenters. The molecule has 0 radical (unpaired) electrons. The molecular weight excluding hydrogens is 234 g/mol. The monoisotopic (exact) mass is 253 g/mol. The van der Waals surface area contributed by atoms with Gasteiger partial charge in [-0.05, 0) is 27.7 Å². The SMILES string of the molecule is CC(=O)NC(C)(C)C(=O)N[C@H](C)c1n[nH]c(C)n1. The van der Waals surface area contributed by atoms with Crippen LogP contribution in [-0.2, 0) is 9.59 Å². The lowest BCUT2D eigenvalue weighted by Crippen LogP contribution is -2.54. The van der Waals surface area contributed by atoms with E-state index in [4.69, 9.17) is 0 Å². The van der Waals surface area contributed by atoms with Crippen molar-refractivity contribution in [2.24, 2.45) is 0 Å². The molecule has 0 aliphatic heterocycles. The molecule has 0 bridgehead atoms. The molecule has 18 heavy (non-hydrogen) atoms. The highest BCUT2D eigenvalue weighted by Gasteiger charge is 2.30. The number of carbonyl (C=O) groups is 2. The van der Waals surface area contributed by atoms with E-state index in [0.717, 1.165) is 0 Å². The average Bonchev–Trinajstić information content (AvgIpc) is 2.62. The van der Waals surface area contributed by atoms with Gasteiger partial charge in [0.1, 0.15) is 11.4 Å². The minimum atomic E-state index is -0.967. The predicted octanol–water partition coefficient (Wildman–Crippen LogP) is 0.205. The summed E-state index contributed by atoms with van der Waals surface area (Å²) in [6, 6.07) is -0.324. The highest BCUT2D eigenvalue weighted by atomic mass is 16.2. The highest BCUT2D eigenvalue weighted by molar-refractivity contribution is 5.90. The lowest BCUT2D eigenvalue weighted by atomic mass is 10.0. The standard InChI is InChI=1S/C11H19N5O2/c1-6(9-13-7(2)15-16-9)12-10(18)11(4,5)14-8(3)17/h6H,1-5H3,(H,12,18)(H,14,17)(H,13,15,16)/t6-/m1/s1. The second-order valence-electron chi connectivity index (χ2n) is 4.78. The lowest BCUT2D eigenvalue weighted by molar-refractivity contribution is -0.132. The molecule has 1 aromatic heterocycles. The molecule has 1 heterocycles. The third kappa shape index (κ3) is 3.54. The lowest BCUT2D eigenvalue weighted by Gasteiger charge is -2.25. The molecule has 7 heteroatoms. The number of nitrogens with one attached hydrogen (secondary N) is 3. The summed E-state index contributed by atoms with van der Waals surface area (Å²) in [4.78, 5) is 27.1. The summed E-state index contributed by atoms with van der Waals surface area (Å²) in [6.45, 7) is 8.22. The van der Waals surface area contributed by atoms with Gasteiger partial charge in [-0.25, -0.2) is 4.98 Å². The van der Waals surface area contributed by atoms with Crippen molar-refractivity contribution in [3.63, 3.8) is 0 Å². The molecule has 1 rings (SSSR count). The number of hydrogen-bond acceptors (Lipinski definition) is 4. The van der Waals surface area contributed by atoms with Crippen LogP contribution in [0.25, 0.3) is 0 Å². The van der Waals surface area contributed by atoms with E-state index in [-0.39, 0.29) is 17.9 Å². The van der Waals surface area contributed by atoms with Crippen LogP contribution < -0.4 is 10.6 Å². The molecular formula is C11H19N5O2. The number of hydrogen-bond donors (Lipinski definition) is 3. The van der Waals surface area contributed by atoms with Crippen molar-refractivity contribution >= 4 is 11.8 Å². The van der Waals surface area contributed by atoms with Crippen LogP contribution in [-0.4, -0.2) is 32.5 Å². The van der Waals surface area contributed by atoms with E-state index in [2.05, 4.69) is 25.8 Å². The van der Waals surface area contributed by atoms with Gasteiger partial charge in [0.15, 0.2) is 5.82 Å². The molecule has 0 spiro atoms. The number of H-pyrrole nitrogens is 1. The Bertz CT molecular complexity index is 452. The largest absolute Gasteiger partial charge is 0.344 e. The Morgan fingerprint density at radius 1 is 1.39 bits per heavy atom. The van der Waals surface area contributed by atoms with Crippen molar-refractivity contribution < 1.29 is 9.59 Å². The first-order valence-electron chi connectivity index (χ1n) is 5.71. The first-order chi connectivity index (χ1) is 8.22. The molecule has 0 fully saturated rings. The van der Waals surface area contributed by atoms with Gasteiger partial charge in [0.25, 0.3) is 0 Å². The van der Waals surface area contributed by atoms with Crippen molar-refractivity contribution in [3.8, 4) is 0 Å². The van der Waals surface area contributed by atoms with Crippen LogP contribution in [0.15, 0.2) is 0 Å². The summed E-state index contributed by atoms with van der Waals surface area (Å²) in [5, 5.41) is 12.0. The van der Waals surface area contributed by atoms with Gasteiger partial charge in [-0.2, -0.15) is 5.10 Å². The molecule has 7 nitrogen and oxygen atoms in total. The quantitative estimate of drug-likeness (QED) is 0.714. The molecule has 0 saturated heterocycles. The van der Waals surface area contributed by atoms with Crippen LogP contribution in [0.4, 0.5) is 0 Å². The van der Waals surface area contributed by atoms with E-state index in [1.165, 1.54) is 6.92 Å². The summed E-state index contributed by atoms with van der Waals surface area (Å²) in [5.74, 6) is 0.663. The maximum Gasteiger partial charge on any atom is 0.245 e. The molecule has 0 aromatic carbocycles. The zero-order valence-corrected chi connectivity index (χ0v) is 11.3. The van der Waals surface area contributed by atoms with Crippen molar-refractivity contribution in [1.82, 2.24) is 25.8 Å². The van der Waals surface area contributed by atoms with Gasteiger partial charge in [-0.1, -0.05) is 0 Å². The van der Waals surface area contributed by atoms with Gasteiger partial charge in [-0.3, -0.25) is 14.7 Å². The van der Waals surface area contributed by atoms with Crippen LogP contribution in [0.3, 0.4) is 0 Å². The fraction of sp³-hybridized carbons (Fsp3) is 0.636. The Kier molecular flexibility index (Phi) is 4.05. The molecule has 1 aromatic rings. The van der Waals surface area contributed by atoms with E-state index in [1.54, 1.807) is 27.7 Å². The Balaban J connectivity index is 2.67. The van der Waals surface area contributed by atoms with E-state index in [1.807, 2.05) is 0 Å². The number of rotatable bonds is 4. The topological polar surface area (TPSA) is 99.8 Å². The highest BCUT2D eigenvalue weighted by Crippen LogP contribution is 2.09. The van der Waals surface area contributed by atoms with Crippen LogP contribution in [0, 0.1) is 6.92 Å². The maximum atomic E-state index is 12.0.